The van der Waals surface area contributed by atoms with Crippen LogP contribution in [0.25, 0.3) is 0 Å². The second-order valence-electron chi connectivity index (χ2n) is 27.3. The molecule has 0 spiro atoms. The normalized spacial score (nSPS) is 13.0. The molecule has 0 aromatic rings. The number of esters is 2. The highest BCUT2D eigenvalue weighted by Crippen LogP contribution is 2.43. The van der Waals surface area contributed by atoms with E-state index in [1.54, 1.807) is 0 Å². The summed E-state index contributed by atoms with van der Waals surface area (Å²) in [6.07, 6.45) is 97.2. The summed E-state index contributed by atoms with van der Waals surface area (Å²) in [5, 5.41) is 0. The predicted molar refractivity (Wildman–Crippen MR) is 390 cm³/mol. The second kappa shape index (κ2) is 76.2. The Hall–Kier alpha value is -1.77. The molecule has 0 saturated carbocycles. The van der Waals surface area contributed by atoms with E-state index in [4.69, 9.17) is 24.3 Å². The van der Waals surface area contributed by atoms with Gasteiger partial charge >= 0.3 is 19.8 Å². The molecule has 0 radical (unpaired) electrons. The Labute approximate surface area is 560 Å². The summed E-state index contributed by atoms with van der Waals surface area (Å²) in [6, 6.07) is 0. The summed E-state index contributed by atoms with van der Waals surface area (Å²) in [7, 11) is -4.39. The second-order valence-corrected chi connectivity index (χ2v) is 28.8. The minimum Gasteiger partial charge on any atom is -0.462 e. The molecule has 2 atom stereocenters. The lowest BCUT2D eigenvalue weighted by molar-refractivity contribution is -0.161. The van der Waals surface area contributed by atoms with Gasteiger partial charge in [-0.1, -0.05) is 403 Å². The van der Waals surface area contributed by atoms with Gasteiger partial charge in [-0.25, -0.2) is 4.57 Å². The summed E-state index contributed by atoms with van der Waals surface area (Å²) < 4.78 is 33.3. The lowest BCUT2D eigenvalue weighted by Crippen LogP contribution is -2.29. The SMILES string of the molecule is CCCCCCC/C=C\C/C=C\C/C=C\CCCCCCCCCCCCCCCCCCCCCCCCCCCCC(=O)OC(COC(=O)CCCCCCCCCCCCCCCCCCCCCCCCCCCCCC)COP(=O)(O)OCCN. The number of carbonyl (C=O) groups excluding carboxylic acids is 2. The first-order valence-electron chi connectivity index (χ1n) is 40.0. The zero-order chi connectivity index (χ0) is 65.1. The largest absolute Gasteiger partial charge is 0.472 e. The molecule has 0 aliphatic heterocycles. The molecule has 9 nitrogen and oxygen atoms in total. The summed E-state index contributed by atoms with van der Waals surface area (Å²) in [4.78, 5) is 35.4. The first-order chi connectivity index (χ1) is 44.3. The van der Waals surface area contributed by atoms with Crippen molar-refractivity contribution in [1.29, 1.82) is 0 Å². The molecule has 0 aromatic carbocycles. The number of carbonyl (C=O) groups is 2. The van der Waals surface area contributed by atoms with Gasteiger partial charge in [0.2, 0.25) is 0 Å². The van der Waals surface area contributed by atoms with Gasteiger partial charge < -0.3 is 20.1 Å². The summed E-state index contributed by atoms with van der Waals surface area (Å²) in [5.74, 6) is -0.799. The Kier molecular flexibility index (Phi) is 74.8. The summed E-state index contributed by atoms with van der Waals surface area (Å²) >= 11 is 0. The lowest BCUT2D eigenvalue weighted by atomic mass is 10.0. The van der Waals surface area contributed by atoms with Crippen molar-refractivity contribution >= 4 is 19.8 Å². The minimum atomic E-state index is -4.39. The Bertz CT molecular complexity index is 1570. The molecule has 0 saturated heterocycles. The van der Waals surface area contributed by atoms with Crippen LogP contribution in [-0.2, 0) is 32.7 Å². The maximum Gasteiger partial charge on any atom is 0.472 e. The van der Waals surface area contributed by atoms with E-state index < -0.39 is 26.5 Å². The molecule has 0 aromatic heterocycles. The van der Waals surface area contributed by atoms with Gasteiger partial charge in [-0.05, 0) is 51.4 Å². The van der Waals surface area contributed by atoms with Crippen LogP contribution in [0.5, 0.6) is 0 Å². The number of phosphoric acid groups is 1. The Morgan fingerprint density at radius 3 is 0.856 bits per heavy atom. The average molecular weight is 1290 g/mol. The Balaban J connectivity index is 3.73. The van der Waals surface area contributed by atoms with Crippen LogP contribution in [0.2, 0.25) is 0 Å². The fourth-order valence-electron chi connectivity index (χ4n) is 12.4. The lowest BCUT2D eigenvalue weighted by Gasteiger charge is -2.19. The maximum absolute atomic E-state index is 12.8. The molecular formula is C80H154NO8P. The number of nitrogens with two attached hydrogens (primary N) is 1. The molecule has 0 heterocycles. The number of allylic oxidation sites excluding steroid dienone is 6. The van der Waals surface area contributed by atoms with Crippen molar-refractivity contribution in [3.05, 3.63) is 36.5 Å². The van der Waals surface area contributed by atoms with E-state index in [1.807, 2.05) is 0 Å². The van der Waals surface area contributed by atoms with Crippen LogP contribution in [0.15, 0.2) is 36.5 Å². The summed E-state index contributed by atoms with van der Waals surface area (Å²) in [6.45, 7) is 3.82. The maximum atomic E-state index is 12.8. The van der Waals surface area contributed by atoms with E-state index >= 15 is 0 Å². The number of ether oxygens (including phenoxy) is 2. The highest BCUT2D eigenvalue weighted by Gasteiger charge is 2.26. The highest BCUT2D eigenvalue weighted by atomic mass is 31.2. The smallest absolute Gasteiger partial charge is 0.462 e. The topological polar surface area (TPSA) is 134 Å². The van der Waals surface area contributed by atoms with Crippen molar-refractivity contribution in [2.75, 3.05) is 26.4 Å². The zero-order valence-electron chi connectivity index (χ0n) is 60.2. The Morgan fingerprint density at radius 1 is 0.333 bits per heavy atom. The summed E-state index contributed by atoms with van der Waals surface area (Å²) in [5.41, 5.74) is 5.41. The molecule has 0 aliphatic carbocycles. The van der Waals surface area contributed by atoms with Gasteiger partial charge in [-0.2, -0.15) is 0 Å². The zero-order valence-corrected chi connectivity index (χ0v) is 61.1. The molecular weight excluding hydrogens is 1130 g/mol. The van der Waals surface area contributed by atoms with E-state index in [2.05, 4.69) is 50.3 Å². The van der Waals surface area contributed by atoms with Gasteiger partial charge in [0.05, 0.1) is 13.2 Å². The van der Waals surface area contributed by atoms with Crippen LogP contribution < -0.4 is 5.73 Å². The quantitative estimate of drug-likeness (QED) is 0.0264. The third-order valence-electron chi connectivity index (χ3n) is 18.3. The fourth-order valence-corrected chi connectivity index (χ4v) is 13.1. The molecule has 0 rings (SSSR count). The van der Waals surface area contributed by atoms with E-state index in [0.29, 0.717) is 6.42 Å². The molecule has 10 heteroatoms. The van der Waals surface area contributed by atoms with E-state index in [-0.39, 0.29) is 38.6 Å². The molecule has 0 bridgehead atoms. The molecule has 0 aliphatic rings. The highest BCUT2D eigenvalue weighted by molar-refractivity contribution is 7.47. The third-order valence-corrected chi connectivity index (χ3v) is 19.3. The first-order valence-corrected chi connectivity index (χ1v) is 41.5. The molecule has 532 valence electrons. The van der Waals surface area contributed by atoms with Crippen LogP contribution in [0.1, 0.15) is 431 Å². The van der Waals surface area contributed by atoms with Crippen molar-refractivity contribution < 1.29 is 37.6 Å². The number of phosphoric ester groups is 1. The van der Waals surface area contributed by atoms with Crippen LogP contribution in [0, 0.1) is 0 Å². The van der Waals surface area contributed by atoms with Gasteiger partial charge in [0, 0.05) is 19.4 Å². The van der Waals surface area contributed by atoms with Gasteiger partial charge in [-0.3, -0.25) is 18.6 Å². The van der Waals surface area contributed by atoms with E-state index in [9.17, 15) is 19.0 Å². The monoisotopic (exact) mass is 1290 g/mol. The van der Waals surface area contributed by atoms with Crippen LogP contribution in [-0.4, -0.2) is 49.3 Å². The van der Waals surface area contributed by atoms with Crippen molar-refractivity contribution in [1.82, 2.24) is 0 Å². The molecule has 2 unspecified atom stereocenters. The molecule has 0 fully saturated rings. The van der Waals surface area contributed by atoms with Gasteiger partial charge in [0.25, 0.3) is 0 Å². The molecule has 90 heavy (non-hydrogen) atoms. The van der Waals surface area contributed by atoms with E-state index in [0.717, 1.165) is 44.9 Å². The minimum absolute atomic E-state index is 0.0572. The Morgan fingerprint density at radius 2 is 0.578 bits per heavy atom. The van der Waals surface area contributed by atoms with Crippen molar-refractivity contribution in [3.8, 4) is 0 Å². The van der Waals surface area contributed by atoms with Crippen molar-refractivity contribution in [3.63, 3.8) is 0 Å². The van der Waals surface area contributed by atoms with Gasteiger partial charge in [-0.15, -0.1) is 0 Å². The van der Waals surface area contributed by atoms with Crippen LogP contribution >= 0.6 is 7.82 Å². The molecule has 0 amide bonds. The number of hydrogen-bond donors (Lipinski definition) is 2. The van der Waals surface area contributed by atoms with Crippen molar-refractivity contribution in [2.45, 2.75) is 437 Å². The predicted octanol–water partition coefficient (Wildman–Crippen LogP) is 26.6. The van der Waals surface area contributed by atoms with Crippen LogP contribution in [0.3, 0.4) is 0 Å². The first kappa shape index (κ1) is 88.2. The van der Waals surface area contributed by atoms with E-state index in [1.165, 1.54) is 353 Å². The van der Waals surface area contributed by atoms with Crippen LogP contribution in [0.4, 0.5) is 0 Å². The third kappa shape index (κ3) is 75.3. The number of unbranched alkanes of at least 4 members (excludes halogenated alkanes) is 58. The van der Waals surface area contributed by atoms with Crippen molar-refractivity contribution in [2.24, 2.45) is 5.73 Å². The number of hydrogen-bond acceptors (Lipinski definition) is 8. The van der Waals surface area contributed by atoms with Gasteiger partial charge in [0.15, 0.2) is 6.10 Å². The fraction of sp³-hybridized carbons (Fsp3) is 0.900. The average Bonchev–Trinajstić information content (AvgIpc) is 3.68. The number of rotatable bonds is 77. The standard InChI is InChI=1S/C80H154NO8P/c1-3-5-7-9-11-13-15-17-19-21-23-25-27-29-31-33-34-35-36-37-38-39-40-41-42-43-44-45-47-49-51-53-55-57-59-61-63-65-67-69-71-73-80(83)89-78(77-88-90(84,85)87-75-74-81)76-86-79(82)72-70-68-66-64-62-60-58-56-54-52-50-48-46-32-30-28-26-24-22-20-18-16-14-12-10-8-6-4-2/h15,17,21,23,27,29,78H,3-14,16,18-20,22,24-26,28,30-77,81H2,1-2H3,(H,84,85)/b17-15-,23-21-,29-27-. The van der Waals surface area contributed by atoms with Gasteiger partial charge in [0.1, 0.15) is 6.61 Å². The molecule has 3 N–H and O–H groups in total.